The molecule has 0 N–H and O–H groups in total. The third-order valence-electron chi connectivity index (χ3n) is 1.63. The fourth-order valence-corrected chi connectivity index (χ4v) is 1.41. The molecule has 15 heavy (non-hydrogen) atoms. The summed E-state index contributed by atoms with van der Waals surface area (Å²) in [5, 5.41) is 18.6. The summed E-state index contributed by atoms with van der Waals surface area (Å²) in [6.07, 6.45) is 0. The molecule has 1 aromatic heterocycles. The highest BCUT2D eigenvalue weighted by atomic mass is 35.5. The summed E-state index contributed by atoms with van der Waals surface area (Å²) in [5.74, 6) is 0.379. The maximum Gasteiger partial charge on any atom is 0.291 e. The normalized spacial score (nSPS) is 9.87. The molecule has 0 unspecified atom stereocenters. The van der Waals surface area contributed by atoms with Crippen LogP contribution in [0.1, 0.15) is 0 Å². The Morgan fingerprint density at radius 3 is 2.67 bits per heavy atom. The van der Waals surface area contributed by atoms with Crippen LogP contribution in [0.3, 0.4) is 0 Å². The van der Waals surface area contributed by atoms with Crippen molar-refractivity contribution in [2.24, 2.45) is 0 Å². The van der Waals surface area contributed by atoms with Crippen LogP contribution in [0.5, 0.6) is 0 Å². The topological polar surface area (TPSA) is 62.7 Å². The van der Waals surface area contributed by atoms with Crippen molar-refractivity contribution in [3.05, 3.63) is 29.3 Å². The Morgan fingerprint density at radius 2 is 2.00 bits per heavy atom. The third kappa shape index (κ3) is 2.29. The van der Waals surface area contributed by atoms with E-state index in [0.717, 1.165) is 17.3 Å². The molecule has 0 saturated heterocycles. The largest absolute Gasteiger partial charge is 0.411 e. The number of aromatic nitrogens is 2. The maximum absolute atomic E-state index is 8.40. The third-order valence-corrected chi connectivity index (χ3v) is 2.31. The molecule has 0 fully saturated rings. The van der Waals surface area contributed by atoms with Crippen LogP contribution in [0.15, 0.2) is 33.9 Å². The summed E-state index contributed by atoms with van der Waals surface area (Å²) in [6.45, 7) is 0. The van der Waals surface area contributed by atoms with Crippen LogP contribution in [0.2, 0.25) is 5.02 Å². The van der Waals surface area contributed by atoms with E-state index in [2.05, 4.69) is 10.2 Å². The van der Waals surface area contributed by atoms with Crippen LogP contribution in [-0.4, -0.2) is 10.2 Å². The van der Waals surface area contributed by atoms with E-state index in [4.69, 9.17) is 21.3 Å². The van der Waals surface area contributed by atoms with Gasteiger partial charge in [0.2, 0.25) is 5.89 Å². The highest BCUT2D eigenvalue weighted by Crippen LogP contribution is 2.23. The lowest BCUT2D eigenvalue weighted by Crippen LogP contribution is -1.76. The van der Waals surface area contributed by atoms with Gasteiger partial charge in [0.1, 0.15) is 5.40 Å². The van der Waals surface area contributed by atoms with Crippen LogP contribution in [0.4, 0.5) is 0 Å². The Bertz CT molecular complexity index is 503. The van der Waals surface area contributed by atoms with Gasteiger partial charge in [-0.2, -0.15) is 5.26 Å². The number of hydrogen-bond acceptors (Lipinski definition) is 5. The Morgan fingerprint density at radius 1 is 1.27 bits per heavy atom. The summed E-state index contributed by atoms with van der Waals surface area (Å²) >= 11 is 6.57. The van der Waals surface area contributed by atoms with Crippen molar-refractivity contribution in [2.45, 2.75) is 5.22 Å². The number of benzene rings is 1. The first-order chi connectivity index (χ1) is 7.29. The second kappa shape index (κ2) is 4.34. The minimum Gasteiger partial charge on any atom is -0.411 e. The van der Waals surface area contributed by atoms with Gasteiger partial charge in [0, 0.05) is 10.6 Å². The molecule has 0 aliphatic rings. The Labute approximate surface area is 94.9 Å². The predicted molar refractivity (Wildman–Crippen MR) is 56.2 cm³/mol. The van der Waals surface area contributed by atoms with Crippen LogP contribution in [0.25, 0.3) is 11.5 Å². The Balaban J connectivity index is 2.30. The maximum atomic E-state index is 8.40. The summed E-state index contributed by atoms with van der Waals surface area (Å²) in [6, 6.07) is 7.02. The van der Waals surface area contributed by atoms with Gasteiger partial charge in [-0.1, -0.05) is 16.7 Å². The van der Waals surface area contributed by atoms with Gasteiger partial charge in [0.15, 0.2) is 0 Å². The molecule has 6 heteroatoms. The first-order valence-electron chi connectivity index (χ1n) is 3.95. The zero-order valence-electron chi connectivity index (χ0n) is 7.35. The van der Waals surface area contributed by atoms with Gasteiger partial charge < -0.3 is 4.42 Å². The van der Waals surface area contributed by atoms with Gasteiger partial charge in [-0.05, 0) is 24.3 Å². The van der Waals surface area contributed by atoms with E-state index in [1.54, 1.807) is 24.3 Å². The summed E-state index contributed by atoms with van der Waals surface area (Å²) in [5.41, 5.74) is 0.775. The average molecular weight is 238 g/mol. The lowest BCUT2D eigenvalue weighted by molar-refractivity contribution is 0.467. The van der Waals surface area contributed by atoms with Gasteiger partial charge in [0.05, 0.1) is 11.8 Å². The molecule has 4 nitrogen and oxygen atoms in total. The van der Waals surface area contributed by atoms with Crippen LogP contribution < -0.4 is 0 Å². The summed E-state index contributed by atoms with van der Waals surface area (Å²) in [7, 11) is 0. The molecular weight excluding hydrogens is 234 g/mol. The molecule has 0 aliphatic carbocycles. The number of rotatable bonds is 2. The van der Waals surface area contributed by atoms with Crippen molar-refractivity contribution < 1.29 is 4.42 Å². The smallest absolute Gasteiger partial charge is 0.291 e. The molecule has 0 radical (unpaired) electrons. The Kier molecular flexibility index (Phi) is 2.90. The first kappa shape index (κ1) is 10.0. The van der Waals surface area contributed by atoms with Crippen molar-refractivity contribution in [1.82, 2.24) is 10.2 Å². The number of hydrogen-bond donors (Lipinski definition) is 0. The van der Waals surface area contributed by atoms with Gasteiger partial charge in [0.25, 0.3) is 5.22 Å². The molecule has 0 atom stereocenters. The minimum atomic E-state index is 0.238. The monoisotopic (exact) mass is 237 g/mol. The van der Waals surface area contributed by atoms with Gasteiger partial charge in [-0.15, -0.1) is 5.10 Å². The summed E-state index contributed by atoms with van der Waals surface area (Å²) in [4.78, 5) is 0. The van der Waals surface area contributed by atoms with Gasteiger partial charge in [-0.3, -0.25) is 0 Å². The zero-order chi connectivity index (χ0) is 10.7. The van der Waals surface area contributed by atoms with Crippen molar-refractivity contribution in [3.8, 4) is 16.9 Å². The van der Waals surface area contributed by atoms with E-state index in [9.17, 15) is 0 Å². The van der Waals surface area contributed by atoms with Crippen LogP contribution in [-0.2, 0) is 0 Å². The second-order valence-electron chi connectivity index (χ2n) is 2.57. The number of halogens is 1. The van der Waals surface area contributed by atoms with Crippen molar-refractivity contribution in [2.75, 3.05) is 0 Å². The molecule has 0 saturated carbocycles. The fraction of sp³-hybridized carbons (Fsp3) is 0. The molecule has 0 bridgehead atoms. The number of thioether (sulfide) groups is 1. The molecule has 0 spiro atoms. The molecule has 2 rings (SSSR count). The molecule has 74 valence electrons. The second-order valence-corrected chi connectivity index (χ2v) is 3.75. The Hall–Kier alpha value is -1.51. The first-order valence-corrected chi connectivity index (χ1v) is 5.14. The number of thiocyanates is 1. The minimum absolute atomic E-state index is 0.238. The highest BCUT2D eigenvalue weighted by Gasteiger charge is 2.08. The standard InChI is InChI=1S/C9H4ClN3OS/c10-7-3-1-6(2-4-7)8-12-13-9(14-8)15-5-11/h1-4H. The van der Waals surface area contributed by atoms with Gasteiger partial charge >= 0.3 is 0 Å². The molecule has 2 aromatic rings. The number of nitriles is 1. The molecule has 1 heterocycles. The SMILES string of the molecule is N#CSc1nnc(-c2ccc(Cl)cc2)o1. The van der Waals surface area contributed by atoms with Crippen molar-refractivity contribution in [3.63, 3.8) is 0 Å². The van der Waals surface area contributed by atoms with Crippen molar-refractivity contribution >= 4 is 23.4 Å². The zero-order valence-corrected chi connectivity index (χ0v) is 8.92. The highest BCUT2D eigenvalue weighted by molar-refractivity contribution is 8.03. The van der Waals surface area contributed by atoms with Gasteiger partial charge in [-0.25, -0.2) is 0 Å². The summed E-state index contributed by atoms with van der Waals surface area (Å²) < 4.78 is 5.23. The van der Waals surface area contributed by atoms with E-state index in [-0.39, 0.29) is 5.22 Å². The van der Waals surface area contributed by atoms with Crippen LogP contribution in [0, 0.1) is 10.7 Å². The van der Waals surface area contributed by atoms with E-state index in [0.29, 0.717) is 10.9 Å². The lowest BCUT2D eigenvalue weighted by Gasteiger charge is -1.93. The van der Waals surface area contributed by atoms with Crippen molar-refractivity contribution in [1.29, 1.82) is 5.26 Å². The number of nitrogens with zero attached hydrogens (tertiary/aromatic N) is 3. The lowest BCUT2D eigenvalue weighted by atomic mass is 10.2. The van der Waals surface area contributed by atoms with E-state index in [1.165, 1.54) is 0 Å². The average Bonchev–Trinajstić information content (AvgIpc) is 2.68. The molecule has 1 aromatic carbocycles. The van der Waals surface area contributed by atoms with E-state index in [1.807, 2.05) is 5.40 Å². The van der Waals surface area contributed by atoms with Crippen LogP contribution >= 0.6 is 23.4 Å². The predicted octanol–water partition coefficient (Wildman–Crippen LogP) is 2.96. The molecule has 0 aliphatic heterocycles. The molecule has 0 amide bonds. The quantitative estimate of drug-likeness (QED) is 0.594. The fourth-order valence-electron chi connectivity index (χ4n) is 0.999. The van der Waals surface area contributed by atoms with E-state index < -0.39 is 0 Å². The molecular formula is C9H4ClN3OS. The van der Waals surface area contributed by atoms with E-state index >= 15 is 0 Å².